The van der Waals surface area contributed by atoms with Crippen molar-refractivity contribution in [1.29, 1.82) is 0 Å². The third-order valence-electron chi connectivity index (χ3n) is 7.26. The highest BCUT2D eigenvalue weighted by atomic mass is 16.2. The lowest BCUT2D eigenvalue weighted by Crippen LogP contribution is -2.55. The van der Waals surface area contributed by atoms with Gasteiger partial charge in [-0.2, -0.15) is 0 Å². The number of carbonyl (C=O) groups is 1. The van der Waals surface area contributed by atoms with Crippen molar-refractivity contribution >= 4 is 5.91 Å². The molecule has 2 bridgehead atoms. The Bertz CT molecular complexity index is 666. The van der Waals surface area contributed by atoms with E-state index in [-0.39, 0.29) is 6.04 Å². The van der Waals surface area contributed by atoms with Crippen LogP contribution in [0.15, 0.2) is 30.3 Å². The van der Waals surface area contributed by atoms with Gasteiger partial charge < -0.3 is 4.90 Å². The molecule has 6 rings (SSSR count). The Balaban J connectivity index is 1.28. The highest BCUT2D eigenvalue weighted by Gasteiger charge is 2.46. The molecule has 5 aliphatic rings. The predicted octanol–water partition coefficient (Wildman–Crippen LogP) is 2.14. The van der Waals surface area contributed by atoms with Gasteiger partial charge >= 0.3 is 0 Å². The Labute approximate surface area is 162 Å². The average molecular weight is 369 g/mol. The van der Waals surface area contributed by atoms with Gasteiger partial charge in [0.1, 0.15) is 6.04 Å². The summed E-state index contributed by atoms with van der Waals surface area (Å²) in [7, 11) is 0. The van der Waals surface area contributed by atoms with E-state index >= 15 is 0 Å². The van der Waals surface area contributed by atoms with E-state index < -0.39 is 0 Å². The normalized spacial score (nSPS) is 36.4. The molecule has 146 valence electrons. The molecule has 0 aromatic heterocycles. The summed E-state index contributed by atoms with van der Waals surface area (Å²) >= 11 is 0. The molecule has 27 heavy (non-hydrogen) atoms. The highest BCUT2D eigenvalue weighted by molar-refractivity contribution is 5.83. The van der Waals surface area contributed by atoms with Crippen molar-refractivity contribution in [2.45, 2.75) is 63.2 Å². The molecule has 4 aliphatic heterocycles. The van der Waals surface area contributed by atoms with Crippen molar-refractivity contribution in [2.75, 3.05) is 19.6 Å². The average Bonchev–Trinajstić information content (AvgIpc) is 2.94. The fraction of sp³-hybridized carbons (Fsp3) is 0.682. The molecule has 1 aromatic rings. The van der Waals surface area contributed by atoms with Gasteiger partial charge in [-0.1, -0.05) is 43.2 Å². The molecule has 3 unspecified atom stereocenters. The van der Waals surface area contributed by atoms with Gasteiger partial charge in [0.25, 0.3) is 0 Å². The number of amides is 1. The molecule has 1 aliphatic carbocycles. The molecular weight excluding hydrogens is 336 g/mol. The molecule has 5 fully saturated rings. The number of hydrazine groups is 1. The lowest BCUT2D eigenvalue weighted by molar-refractivity contribution is -0.138. The van der Waals surface area contributed by atoms with E-state index in [0.717, 1.165) is 32.6 Å². The van der Waals surface area contributed by atoms with Crippen LogP contribution in [0.5, 0.6) is 0 Å². The van der Waals surface area contributed by atoms with Crippen LogP contribution in [0, 0.1) is 11.8 Å². The summed E-state index contributed by atoms with van der Waals surface area (Å²) in [6.07, 6.45) is 7.38. The van der Waals surface area contributed by atoms with E-state index in [1.54, 1.807) is 0 Å². The van der Waals surface area contributed by atoms with Crippen molar-refractivity contribution in [3.05, 3.63) is 35.9 Å². The van der Waals surface area contributed by atoms with Crippen LogP contribution in [0.2, 0.25) is 0 Å². The number of fused-ring (bicyclic) bond motifs is 5. The number of piperidine rings is 1. The Morgan fingerprint density at radius 3 is 2.70 bits per heavy atom. The molecule has 4 heterocycles. The van der Waals surface area contributed by atoms with Crippen LogP contribution < -0.4 is 10.9 Å². The minimum atomic E-state index is -0.0165. The van der Waals surface area contributed by atoms with Gasteiger partial charge in [0.05, 0.1) is 0 Å². The summed E-state index contributed by atoms with van der Waals surface area (Å²) in [6.45, 7) is 4.09. The number of hydrogen-bond acceptors (Lipinski definition) is 4. The lowest BCUT2D eigenvalue weighted by Gasteiger charge is -2.39. The van der Waals surface area contributed by atoms with Crippen LogP contribution in [-0.2, 0) is 11.3 Å². The van der Waals surface area contributed by atoms with Gasteiger partial charge in [0.15, 0.2) is 0 Å². The summed E-state index contributed by atoms with van der Waals surface area (Å²) in [4.78, 5) is 18.3. The van der Waals surface area contributed by atoms with Gasteiger partial charge in [-0.15, -0.1) is 0 Å². The molecule has 5 nitrogen and oxygen atoms in total. The second-order valence-corrected chi connectivity index (χ2v) is 9.09. The maximum atomic E-state index is 13.5. The first-order chi connectivity index (χ1) is 13.3. The standard InChI is InChI=1S/C22H32N4O/c27-22(21-19-8-4-5-9-20(19)23-24-21)26-14-17-10-11-18(26)15-25(13-17)12-16-6-2-1-3-7-16/h1-3,6-7,17-21,23-24H,4-5,8-15H2/t17-,18+,19?,20?,21?/m0/s1. The second-order valence-electron chi connectivity index (χ2n) is 9.09. The van der Waals surface area contributed by atoms with Crippen molar-refractivity contribution in [3.8, 4) is 0 Å². The smallest absolute Gasteiger partial charge is 0.241 e. The van der Waals surface area contributed by atoms with E-state index in [1.165, 1.54) is 37.7 Å². The van der Waals surface area contributed by atoms with E-state index in [1.807, 2.05) is 0 Å². The molecule has 1 amide bonds. The molecule has 0 radical (unpaired) electrons. The van der Waals surface area contributed by atoms with Crippen LogP contribution in [0.1, 0.15) is 44.1 Å². The first kappa shape index (κ1) is 17.7. The minimum Gasteiger partial charge on any atom is -0.337 e. The summed E-state index contributed by atoms with van der Waals surface area (Å²) < 4.78 is 0. The number of carbonyl (C=O) groups excluding carboxylic acids is 1. The zero-order valence-corrected chi connectivity index (χ0v) is 16.1. The largest absolute Gasteiger partial charge is 0.337 e. The number of hydrogen-bond donors (Lipinski definition) is 2. The summed E-state index contributed by atoms with van der Waals surface area (Å²) in [5.74, 6) is 1.45. The number of nitrogens with one attached hydrogen (secondary N) is 2. The van der Waals surface area contributed by atoms with E-state index in [4.69, 9.17) is 0 Å². The maximum Gasteiger partial charge on any atom is 0.241 e. The Kier molecular flexibility index (Phi) is 4.92. The van der Waals surface area contributed by atoms with E-state index in [0.29, 0.717) is 29.8 Å². The van der Waals surface area contributed by atoms with Gasteiger partial charge in [-0.05, 0) is 37.2 Å². The van der Waals surface area contributed by atoms with Crippen LogP contribution >= 0.6 is 0 Å². The maximum absolute atomic E-state index is 13.5. The quantitative estimate of drug-likeness (QED) is 0.858. The third kappa shape index (κ3) is 3.53. The molecule has 4 saturated heterocycles. The molecule has 5 heteroatoms. The number of benzene rings is 1. The summed E-state index contributed by atoms with van der Waals surface area (Å²) in [5, 5.41) is 0. The Hall–Kier alpha value is -1.43. The van der Waals surface area contributed by atoms with Gasteiger partial charge in [-0.3, -0.25) is 15.1 Å². The van der Waals surface area contributed by atoms with Crippen LogP contribution in [0.3, 0.4) is 0 Å². The van der Waals surface area contributed by atoms with Crippen molar-refractivity contribution in [1.82, 2.24) is 20.7 Å². The fourth-order valence-electron chi connectivity index (χ4n) is 5.88. The van der Waals surface area contributed by atoms with Crippen molar-refractivity contribution in [3.63, 3.8) is 0 Å². The van der Waals surface area contributed by atoms with Gasteiger partial charge in [-0.25, -0.2) is 5.43 Å². The van der Waals surface area contributed by atoms with Crippen LogP contribution in [-0.4, -0.2) is 53.5 Å². The Morgan fingerprint density at radius 2 is 1.81 bits per heavy atom. The topological polar surface area (TPSA) is 47.6 Å². The monoisotopic (exact) mass is 368 g/mol. The zero-order valence-electron chi connectivity index (χ0n) is 16.1. The highest BCUT2D eigenvalue weighted by Crippen LogP contribution is 2.34. The van der Waals surface area contributed by atoms with Gasteiger partial charge in [0, 0.05) is 44.2 Å². The molecule has 1 saturated carbocycles. The van der Waals surface area contributed by atoms with E-state index in [9.17, 15) is 4.79 Å². The summed E-state index contributed by atoms with van der Waals surface area (Å²) in [5.41, 5.74) is 8.17. The second kappa shape index (κ2) is 7.53. The number of nitrogens with zero attached hydrogens (tertiary/aromatic N) is 2. The molecule has 1 aromatic carbocycles. The number of rotatable bonds is 3. The van der Waals surface area contributed by atoms with Gasteiger partial charge in [0.2, 0.25) is 5.91 Å². The first-order valence-electron chi connectivity index (χ1n) is 10.9. The first-order valence-corrected chi connectivity index (χ1v) is 10.9. The molecule has 5 atom stereocenters. The molecular formula is C22H32N4O. The third-order valence-corrected chi connectivity index (χ3v) is 7.26. The molecule has 2 N–H and O–H groups in total. The predicted molar refractivity (Wildman–Crippen MR) is 106 cm³/mol. The van der Waals surface area contributed by atoms with Crippen molar-refractivity contribution in [2.24, 2.45) is 11.8 Å². The zero-order chi connectivity index (χ0) is 18.2. The minimum absolute atomic E-state index is 0.0165. The van der Waals surface area contributed by atoms with E-state index in [2.05, 4.69) is 51.0 Å². The SMILES string of the molecule is O=C(C1NNC2CCCCC21)N1C[C@H]2CC[C@@H]1CN(Cc1ccccc1)C2. The van der Waals surface area contributed by atoms with Crippen LogP contribution in [0.25, 0.3) is 0 Å². The molecule has 0 spiro atoms. The van der Waals surface area contributed by atoms with Crippen LogP contribution in [0.4, 0.5) is 0 Å². The van der Waals surface area contributed by atoms with Crippen molar-refractivity contribution < 1.29 is 4.79 Å². The summed E-state index contributed by atoms with van der Waals surface area (Å²) in [6, 6.07) is 11.6. The fourth-order valence-corrected chi connectivity index (χ4v) is 5.88. The Morgan fingerprint density at radius 1 is 0.963 bits per heavy atom. The lowest BCUT2D eigenvalue weighted by atomic mass is 9.81.